The van der Waals surface area contributed by atoms with Gasteiger partial charge in [-0.1, -0.05) is 6.07 Å². The Bertz CT molecular complexity index is 540. The van der Waals surface area contributed by atoms with Crippen molar-refractivity contribution in [3.63, 3.8) is 0 Å². The summed E-state index contributed by atoms with van der Waals surface area (Å²) in [5, 5.41) is 11.8. The molecule has 7 heteroatoms. The van der Waals surface area contributed by atoms with E-state index in [0.29, 0.717) is 17.1 Å². The van der Waals surface area contributed by atoms with E-state index in [1.807, 2.05) is 13.0 Å². The fraction of sp³-hybridized carbons (Fsp3) is 0.364. The highest BCUT2D eigenvalue weighted by molar-refractivity contribution is 7.99. The van der Waals surface area contributed by atoms with Gasteiger partial charge in [-0.3, -0.25) is 0 Å². The molecule has 0 spiro atoms. The van der Waals surface area contributed by atoms with Crippen LogP contribution >= 0.6 is 11.8 Å². The standard InChI is InChI=1S/C11H14FN5S/c1-7(13)6-8-9(12)4-3-5-10(8)18-11-14-15-16-17(11)2/h3-5,7H,6,13H2,1-2H3. The molecule has 18 heavy (non-hydrogen) atoms. The lowest BCUT2D eigenvalue weighted by Gasteiger charge is -2.11. The lowest BCUT2D eigenvalue weighted by atomic mass is 10.1. The van der Waals surface area contributed by atoms with Gasteiger partial charge in [-0.2, -0.15) is 0 Å². The monoisotopic (exact) mass is 267 g/mol. The van der Waals surface area contributed by atoms with E-state index in [0.717, 1.165) is 4.90 Å². The number of benzene rings is 1. The van der Waals surface area contributed by atoms with E-state index in [4.69, 9.17) is 5.73 Å². The highest BCUT2D eigenvalue weighted by Crippen LogP contribution is 2.30. The lowest BCUT2D eigenvalue weighted by Crippen LogP contribution is -2.19. The summed E-state index contributed by atoms with van der Waals surface area (Å²) < 4.78 is 15.4. The molecule has 0 fully saturated rings. The van der Waals surface area contributed by atoms with Crippen LogP contribution in [0.5, 0.6) is 0 Å². The van der Waals surface area contributed by atoms with E-state index in [2.05, 4.69) is 15.5 Å². The summed E-state index contributed by atoms with van der Waals surface area (Å²) in [7, 11) is 1.74. The van der Waals surface area contributed by atoms with Gasteiger partial charge in [-0.15, -0.1) is 5.10 Å². The summed E-state index contributed by atoms with van der Waals surface area (Å²) in [5.41, 5.74) is 6.36. The van der Waals surface area contributed by atoms with Gasteiger partial charge < -0.3 is 5.73 Å². The first kappa shape index (κ1) is 13.0. The van der Waals surface area contributed by atoms with Crippen LogP contribution in [-0.2, 0) is 13.5 Å². The molecule has 96 valence electrons. The van der Waals surface area contributed by atoms with Gasteiger partial charge in [-0.05, 0) is 47.7 Å². The molecule has 1 aromatic heterocycles. The minimum atomic E-state index is -0.243. The molecule has 0 aliphatic rings. The van der Waals surface area contributed by atoms with E-state index in [1.165, 1.54) is 17.8 Å². The Kier molecular flexibility index (Phi) is 3.93. The van der Waals surface area contributed by atoms with Crippen LogP contribution in [0.15, 0.2) is 28.3 Å². The summed E-state index contributed by atoms with van der Waals surface area (Å²) in [5.74, 6) is -0.243. The zero-order valence-electron chi connectivity index (χ0n) is 10.2. The largest absolute Gasteiger partial charge is 0.328 e. The zero-order valence-corrected chi connectivity index (χ0v) is 11.0. The van der Waals surface area contributed by atoms with Crippen molar-refractivity contribution >= 4 is 11.8 Å². The molecular weight excluding hydrogens is 253 g/mol. The first-order valence-corrected chi connectivity index (χ1v) is 6.32. The van der Waals surface area contributed by atoms with Crippen LogP contribution in [0.25, 0.3) is 0 Å². The smallest absolute Gasteiger partial charge is 0.213 e. The second-order valence-corrected chi connectivity index (χ2v) is 5.09. The fourth-order valence-corrected chi connectivity index (χ4v) is 2.45. The minimum Gasteiger partial charge on any atom is -0.328 e. The Hall–Kier alpha value is -1.47. The molecule has 0 saturated heterocycles. The van der Waals surface area contributed by atoms with Crippen molar-refractivity contribution in [2.24, 2.45) is 12.8 Å². The number of rotatable bonds is 4. The molecule has 1 aromatic carbocycles. The van der Waals surface area contributed by atoms with Crippen molar-refractivity contribution in [3.8, 4) is 0 Å². The average molecular weight is 267 g/mol. The molecule has 0 saturated carbocycles. The van der Waals surface area contributed by atoms with Crippen LogP contribution in [0.3, 0.4) is 0 Å². The number of nitrogens with two attached hydrogens (primary N) is 1. The van der Waals surface area contributed by atoms with Gasteiger partial charge in [0.2, 0.25) is 5.16 Å². The van der Waals surface area contributed by atoms with Crippen molar-refractivity contribution in [2.45, 2.75) is 29.4 Å². The quantitative estimate of drug-likeness (QED) is 0.906. The Labute approximate surface area is 109 Å². The summed E-state index contributed by atoms with van der Waals surface area (Å²) in [6, 6.07) is 4.86. The number of halogens is 1. The predicted octanol–water partition coefficient (Wildman–Crippen LogP) is 1.39. The molecule has 0 amide bonds. The van der Waals surface area contributed by atoms with Crippen LogP contribution in [0.4, 0.5) is 4.39 Å². The van der Waals surface area contributed by atoms with E-state index in [-0.39, 0.29) is 11.9 Å². The minimum absolute atomic E-state index is 0.0983. The molecule has 2 N–H and O–H groups in total. The van der Waals surface area contributed by atoms with E-state index >= 15 is 0 Å². The first-order chi connectivity index (χ1) is 8.58. The van der Waals surface area contributed by atoms with Crippen molar-refractivity contribution in [3.05, 3.63) is 29.6 Å². The van der Waals surface area contributed by atoms with Crippen molar-refractivity contribution in [1.82, 2.24) is 20.2 Å². The Balaban J connectivity index is 2.32. The molecule has 2 aromatic rings. The second kappa shape index (κ2) is 5.45. The van der Waals surface area contributed by atoms with Crippen molar-refractivity contribution < 1.29 is 4.39 Å². The maximum Gasteiger partial charge on any atom is 0.213 e. The van der Waals surface area contributed by atoms with E-state index in [9.17, 15) is 4.39 Å². The number of nitrogens with zero attached hydrogens (tertiary/aromatic N) is 4. The molecule has 2 rings (SSSR count). The number of aryl methyl sites for hydroxylation is 1. The number of tetrazole rings is 1. The normalized spacial score (nSPS) is 12.7. The summed E-state index contributed by atoms with van der Waals surface area (Å²) in [4.78, 5) is 0.796. The highest BCUT2D eigenvalue weighted by atomic mass is 32.2. The SMILES string of the molecule is CC(N)Cc1c(F)cccc1Sc1nnnn1C. The summed E-state index contributed by atoms with van der Waals surface area (Å²) >= 11 is 1.33. The molecule has 0 radical (unpaired) electrons. The van der Waals surface area contributed by atoms with Crippen LogP contribution in [0, 0.1) is 5.82 Å². The van der Waals surface area contributed by atoms with Crippen LogP contribution in [0.2, 0.25) is 0 Å². The molecule has 0 aliphatic heterocycles. The molecular formula is C11H14FN5S. The fourth-order valence-electron chi connectivity index (χ4n) is 1.56. The van der Waals surface area contributed by atoms with Gasteiger partial charge in [0.15, 0.2) is 0 Å². The number of aromatic nitrogens is 4. The van der Waals surface area contributed by atoms with Gasteiger partial charge in [0, 0.05) is 23.5 Å². The first-order valence-electron chi connectivity index (χ1n) is 5.51. The maximum atomic E-state index is 13.8. The molecule has 1 heterocycles. The molecule has 0 aliphatic carbocycles. The van der Waals surface area contributed by atoms with E-state index < -0.39 is 0 Å². The molecule has 1 unspecified atom stereocenters. The third-order valence-corrected chi connectivity index (χ3v) is 3.52. The van der Waals surface area contributed by atoms with Crippen molar-refractivity contribution in [2.75, 3.05) is 0 Å². The number of hydrogen-bond acceptors (Lipinski definition) is 5. The Morgan fingerprint density at radius 1 is 1.50 bits per heavy atom. The topological polar surface area (TPSA) is 69.6 Å². The molecule has 5 nitrogen and oxygen atoms in total. The molecule has 0 bridgehead atoms. The lowest BCUT2D eigenvalue weighted by molar-refractivity contribution is 0.588. The maximum absolute atomic E-state index is 13.8. The van der Waals surface area contributed by atoms with Gasteiger partial charge in [0.05, 0.1) is 0 Å². The number of hydrogen-bond donors (Lipinski definition) is 1. The zero-order chi connectivity index (χ0) is 13.1. The van der Waals surface area contributed by atoms with Gasteiger partial charge in [0.25, 0.3) is 0 Å². The predicted molar refractivity (Wildman–Crippen MR) is 66.7 cm³/mol. The average Bonchev–Trinajstić information content (AvgIpc) is 2.69. The van der Waals surface area contributed by atoms with Crippen LogP contribution in [-0.4, -0.2) is 26.2 Å². The van der Waals surface area contributed by atoms with E-state index in [1.54, 1.807) is 17.8 Å². The second-order valence-electron chi connectivity index (χ2n) is 4.09. The highest BCUT2D eigenvalue weighted by Gasteiger charge is 2.13. The van der Waals surface area contributed by atoms with Crippen LogP contribution in [0.1, 0.15) is 12.5 Å². The molecule has 1 atom stereocenters. The van der Waals surface area contributed by atoms with Gasteiger partial charge in [-0.25, -0.2) is 9.07 Å². The van der Waals surface area contributed by atoms with Gasteiger partial charge in [0.1, 0.15) is 5.82 Å². The Morgan fingerprint density at radius 2 is 2.28 bits per heavy atom. The Morgan fingerprint density at radius 3 is 2.89 bits per heavy atom. The van der Waals surface area contributed by atoms with Gasteiger partial charge >= 0.3 is 0 Å². The van der Waals surface area contributed by atoms with Crippen LogP contribution < -0.4 is 5.73 Å². The third kappa shape index (κ3) is 2.85. The van der Waals surface area contributed by atoms with Crippen molar-refractivity contribution in [1.29, 1.82) is 0 Å². The summed E-state index contributed by atoms with van der Waals surface area (Å²) in [6.07, 6.45) is 0.486. The summed E-state index contributed by atoms with van der Waals surface area (Å²) in [6.45, 7) is 1.85. The third-order valence-electron chi connectivity index (χ3n) is 2.38.